The Morgan fingerprint density at radius 2 is 2.08 bits per heavy atom. The molecule has 0 saturated carbocycles. The van der Waals surface area contributed by atoms with Gasteiger partial charge in [0.1, 0.15) is 29.9 Å². The average Bonchev–Trinajstić information content (AvgIpc) is 3.38. The quantitative estimate of drug-likeness (QED) is 0.240. The zero-order chi connectivity index (χ0) is 26.8. The summed E-state index contributed by atoms with van der Waals surface area (Å²) in [7, 11) is 0. The molecule has 37 heavy (non-hydrogen) atoms. The fourth-order valence-electron chi connectivity index (χ4n) is 3.82. The Balaban J connectivity index is 1.54. The number of carbonyl (C=O) groups is 4. The minimum Gasteiger partial charge on any atom is -0.494 e. The lowest BCUT2D eigenvalue weighted by Crippen LogP contribution is -2.50. The maximum absolute atomic E-state index is 12.8. The summed E-state index contributed by atoms with van der Waals surface area (Å²) in [4.78, 5) is 57.5. The molecule has 1 aliphatic rings. The number of nitrogens with one attached hydrogen (secondary N) is 3. The number of nitrogens with two attached hydrogens (primary N) is 1. The lowest BCUT2D eigenvalue weighted by molar-refractivity contribution is -0.130. The molecule has 2 heterocycles. The van der Waals surface area contributed by atoms with Gasteiger partial charge in [0.15, 0.2) is 0 Å². The number of carbonyl (C=O) groups excluding carboxylic acids is 3. The lowest BCUT2D eigenvalue weighted by atomic mass is 10.1. The Kier molecular flexibility index (Phi) is 9.50. The largest absolute Gasteiger partial charge is 0.494 e. The van der Waals surface area contributed by atoms with E-state index in [0.29, 0.717) is 36.0 Å². The van der Waals surface area contributed by atoms with Crippen LogP contribution in [0.15, 0.2) is 24.5 Å². The van der Waals surface area contributed by atoms with Gasteiger partial charge in [0.2, 0.25) is 11.8 Å². The monoisotopic (exact) mass is 512 g/mol. The lowest BCUT2D eigenvalue weighted by Gasteiger charge is -2.19. The molecule has 2 atom stereocenters. The molecular weight excluding hydrogens is 484 g/mol. The van der Waals surface area contributed by atoms with E-state index in [9.17, 15) is 19.2 Å². The van der Waals surface area contributed by atoms with Crippen molar-refractivity contribution in [3.05, 3.63) is 30.2 Å². The predicted molar refractivity (Wildman–Crippen MR) is 129 cm³/mol. The van der Waals surface area contributed by atoms with Crippen LogP contribution in [0, 0.1) is 11.3 Å². The second kappa shape index (κ2) is 13.0. The van der Waals surface area contributed by atoms with E-state index in [4.69, 9.17) is 20.8 Å². The van der Waals surface area contributed by atoms with E-state index < -0.39 is 30.0 Å². The van der Waals surface area contributed by atoms with Crippen LogP contribution < -0.4 is 26.4 Å². The molecule has 1 fully saturated rings. The number of likely N-dealkylation sites (tertiary alicyclic amines) is 1. The highest BCUT2D eigenvalue weighted by molar-refractivity contribution is 6.05. The maximum atomic E-state index is 12.8. The van der Waals surface area contributed by atoms with Crippen LogP contribution in [-0.4, -0.2) is 88.7 Å². The van der Waals surface area contributed by atoms with E-state index in [1.165, 1.54) is 11.2 Å². The van der Waals surface area contributed by atoms with Crippen LogP contribution in [0.25, 0.3) is 10.9 Å². The molecule has 14 nitrogen and oxygen atoms in total. The summed E-state index contributed by atoms with van der Waals surface area (Å²) in [5.41, 5.74) is 5.98. The van der Waals surface area contributed by atoms with Crippen LogP contribution in [0.2, 0.25) is 0 Å². The predicted octanol–water partition coefficient (Wildman–Crippen LogP) is -0.646. The number of nitrogens with zero attached hydrogens (tertiary/aromatic N) is 4. The molecule has 0 radical (unpaired) electrons. The summed E-state index contributed by atoms with van der Waals surface area (Å²) < 4.78 is 5.71. The van der Waals surface area contributed by atoms with E-state index in [1.807, 2.05) is 5.32 Å². The van der Waals surface area contributed by atoms with Crippen molar-refractivity contribution in [3.63, 3.8) is 0 Å². The van der Waals surface area contributed by atoms with Crippen LogP contribution >= 0.6 is 0 Å². The molecule has 14 heteroatoms. The number of benzene rings is 1. The third kappa shape index (κ3) is 7.24. The van der Waals surface area contributed by atoms with E-state index in [0.717, 1.165) is 6.42 Å². The SMILES string of the molecule is N#C[C@@H]1CCCN1C(=O)CNC(=O)c1ncnc2ccc(OCCCNC(=O)C(CN)NC(=O)O)cc12. The van der Waals surface area contributed by atoms with E-state index in [2.05, 4.69) is 26.7 Å². The Morgan fingerprint density at radius 1 is 1.27 bits per heavy atom. The number of hydrogen-bond donors (Lipinski definition) is 5. The molecule has 1 unspecified atom stereocenters. The molecule has 1 saturated heterocycles. The molecule has 196 valence electrons. The van der Waals surface area contributed by atoms with Crippen molar-refractivity contribution in [1.29, 1.82) is 5.26 Å². The summed E-state index contributed by atoms with van der Waals surface area (Å²) in [6.07, 6.45) is 1.71. The third-order valence-corrected chi connectivity index (χ3v) is 5.68. The van der Waals surface area contributed by atoms with Crippen LogP contribution in [0.5, 0.6) is 5.75 Å². The minimum atomic E-state index is -1.34. The van der Waals surface area contributed by atoms with E-state index >= 15 is 0 Å². The van der Waals surface area contributed by atoms with Crippen molar-refractivity contribution in [2.24, 2.45) is 5.73 Å². The molecule has 3 rings (SSSR count). The first-order valence-electron chi connectivity index (χ1n) is 11.7. The van der Waals surface area contributed by atoms with E-state index in [1.54, 1.807) is 18.2 Å². The molecule has 4 amide bonds. The van der Waals surface area contributed by atoms with Crippen molar-refractivity contribution in [2.75, 3.05) is 32.8 Å². The number of fused-ring (bicyclic) bond motifs is 1. The second-order valence-electron chi connectivity index (χ2n) is 8.19. The van der Waals surface area contributed by atoms with E-state index in [-0.39, 0.29) is 37.8 Å². The van der Waals surface area contributed by atoms with Crippen LogP contribution in [-0.2, 0) is 9.59 Å². The molecule has 0 bridgehead atoms. The number of amides is 4. The molecular formula is C23H28N8O6. The number of ether oxygens (including phenoxy) is 1. The number of carboxylic acid groups (broad SMARTS) is 1. The summed E-state index contributed by atoms with van der Waals surface area (Å²) in [6, 6.07) is 5.54. The van der Waals surface area contributed by atoms with Gasteiger partial charge in [-0.2, -0.15) is 5.26 Å². The highest BCUT2D eigenvalue weighted by Gasteiger charge is 2.28. The summed E-state index contributed by atoms with van der Waals surface area (Å²) >= 11 is 0. The fourth-order valence-corrected chi connectivity index (χ4v) is 3.82. The summed E-state index contributed by atoms with van der Waals surface area (Å²) in [5.74, 6) is -0.976. The van der Waals surface area contributed by atoms with Gasteiger partial charge >= 0.3 is 6.09 Å². The second-order valence-corrected chi connectivity index (χ2v) is 8.19. The average molecular weight is 513 g/mol. The van der Waals surface area contributed by atoms with Crippen molar-refractivity contribution in [2.45, 2.75) is 31.3 Å². The smallest absolute Gasteiger partial charge is 0.405 e. The van der Waals surface area contributed by atoms with Crippen LogP contribution in [0.1, 0.15) is 29.8 Å². The van der Waals surface area contributed by atoms with Crippen LogP contribution in [0.4, 0.5) is 4.79 Å². The Hall–Kier alpha value is -4.51. The molecule has 1 aliphatic heterocycles. The van der Waals surface area contributed by atoms with Gasteiger partial charge in [0.05, 0.1) is 24.7 Å². The summed E-state index contributed by atoms with van der Waals surface area (Å²) in [6.45, 7) is 0.526. The topological polar surface area (TPSA) is 213 Å². The standard InChI is InChI=1S/C23H28N8O6/c24-10-14-3-1-7-31(14)19(32)12-27-22(34)20-16-9-15(4-5-17(16)28-13-29-20)37-8-2-6-26-21(33)18(11-25)30-23(35)36/h4-5,9,13-14,18,30H,1-3,6-8,11-12,25H2,(H,26,33)(H,27,34)(H,35,36)/t14-,18?/m0/s1. The molecule has 0 aliphatic carbocycles. The van der Waals surface area contributed by atoms with Crippen molar-refractivity contribution in [3.8, 4) is 11.8 Å². The first-order valence-corrected chi connectivity index (χ1v) is 11.7. The first-order chi connectivity index (χ1) is 17.8. The third-order valence-electron chi connectivity index (χ3n) is 5.68. The van der Waals surface area contributed by atoms with Gasteiger partial charge in [-0.15, -0.1) is 0 Å². The number of rotatable bonds is 11. The maximum Gasteiger partial charge on any atom is 0.405 e. The van der Waals surface area contributed by atoms with Crippen LogP contribution in [0.3, 0.4) is 0 Å². The van der Waals surface area contributed by atoms with Crippen molar-refractivity contribution >= 4 is 34.7 Å². The first kappa shape index (κ1) is 27.1. The fraction of sp³-hybridized carbons (Fsp3) is 0.435. The van der Waals surface area contributed by atoms with Crippen molar-refractivity contribution in [1.82, 2.24) is 30.8 Å². The number of nitriles is 1. The normalized spacial score (nSPS) is 15.5. The highest BCUT2D eigenvalue weighted by Crippen LogP contribution is 2.22. The zero-order valence-corrected chi connectivity index (χ0v) is 20.0. The Morgan fingerprint density at radius 3 is 2.81 bits per heavy atom. The van der Waals surface area contributed by atoms with Gasteiger partial charge in [-0.05, 0) is 37.5 Å². The minimum absolute atomic E-state index is 0.0764. The number of hydrogen-bond acceptors (Lipinski definition) is 9. The van der Waals surface area contributed by atoms with Gasteiger partial charge in [-0.3, -0.25) is 14.4 Å². The highest BCUT2D eigenvalue weighted by atomic mass is 16.5. The molecule has 1 aromatic heterocycles. The van der Waals surface area contributed by atoms with Gasteiger partial charge in [-0.25, -0.2) is 14.8 Å². The summed E-state index contributed by atoms with van der Waals surface area (Å²) in [5, 5.41) is 25.5. The van der Waals surface area contributed by atoms with Gasteiger partial charge in [0, 0.05) is 25.0 Å². The van der Waals surface area contributed by atoms with Gasteiger partial charge in [-0.1, -0.05) is 0 Å². The molecule has 6 N–H and O–H groups in total. The molecule has 1 aromatic carbocycles. The zero-order valence-electron chi connectivity index (χ0n) is 20.0. The number of aromatic nitrogens is 2. The molecule has 0 spiro atoms. The Bertz CT molecular complexity index is 1200. The van der Waals surface area contributed by atoms with Crippen molar-refractivity contribution < 1.29 is 29.0 Å². The molecule has 2 aromatic rings. The Labute approximate surface area is 212 Å². The van der Waals surface area contributed by atoms with Gasteiger partial charge in [0.25, 0.3) is 5.91 Å². The van der Waals surface area contributed by atoms with Gasteiger partial charge < -0.3 is 36.4 Å².